The van der Waals surface area contributed by atoms with E-state index in [1.165, 1.54) is 3.71 Å². The maximum atomic E-state index is 11.8. The van der Waals surface area contributed by atoms with Crippen molar-refractivity contribution in [3.63, 3.8) is 0 Å². The topological polar surface area (TPSA) is 67.3 Å². The first-order chi connectivity index (χ1) is 10.0. The van der Waals surface area contributed by atoms with Gasteiger partial charge in [-0.1, -0.05) is 0 Å². The molecule has 0 aromatic carbocycles. The van der Waals surface area contributed by atoms with Crippen LogP contribution in [-0.4, -0.2) is 64.1 Å². The van der Waals surface area contributed by atoms with Gasteiger partial charge < -0.3 is 0 Å². The Balaban J connectivity index is 1.82. The molecule has 0 saturated carbocycles. The standard InChI is InChI=1S/C12H17N4O2.3CH3.Sn/c1-12(2,3)18-11(17)16-7-9(8-16)15-10-6-13-4-5-14-10;;;;/h5-6,9H,7-8H2,1-3H3,(H,14,15);3*1H3;. The molecule has 0 bridgehead atoms. The number of ether oxygens (including phenoxy) is 1. The monoisotopic (exact) mass is 414 g/mol. The average molecular weight is 413 g/mol. The number of nitrogens with zero attached hydrogens (tertiary/aromatic N) is 3. The molecule has 0 atom stereocenters. The Morgan fingerprint density at radius 2 is 1.91 bits per heavy atom. The molecule has 1 fully saturated rings. The number of carbonyl (C=O) groups excluding carboxylic acids is 1. The predicted molar refractivity (Wildman–Crippen MR) is 90.2 cm³/mol. The van der Waals surface area contributed by atoms with Crippen LogP contribution in [0.4, 0.5) is 10.6 Å². The summed E-state index contributed by atoms with van der Waals surface area (Å²) in [5, 5.41) is 3.30. The van der Waals surface area contributed by atoms with E-state index in [9.17, 15) is 4.79 Å². The molecule has 2 rings (SSSR count). The number of hydrogen-bond acceptors (Lipinski definition) is 5. The SMILES string of the molecule is CC(C)(C)OC(=O)N1CC(Nc2cn[c]([Sn]([CH3])([CH3])[CH3])cn2)C1. The van der Waals surface area contributed by atoms with E-state index in [2.05, 4.69) is 30.1 Å². The fraction of sp³-hybridized carbons (Fsp3) is 0.667. The van der Waals surface area contributed by atoms with Gasteiger partial charge in [0.25, 0.3) is 0 Å². The number of likely N-dealkylation sites (tertiary alicyclic amines) is 1. The summed E-state index contributed by atoms with van der Waals surface area (Å²) in [5.74, 6) is 0.771. The van der Waals surface area contributed by atoms with Crippen molar-refractivity contribution < 1.29 is 9.53 Å². The van der Waals surface area contributed by atoms with Crippen LogP contribution in [0.2, 0.25) is 14.8 Å². The molecule has 1 saturated heterocycles. The maximum absolute atomic E-state index is 11.8. The van der Waals surface area contributed by atoms with E-state index in [4.69, 9.17) is 4.74 Å². The molecule has 1 aliphatic rings. The second kappa shape index (κ2) is 6.21. The molecule has 1 aromatic heterocycles. The Hall–Kier alpha value is -1.05. The van der Waals surface area contributed by atoms with Gasteiger partial charge in [0, 0.05) is 0 Å². The van der Waals surface area contributed by atoms with Gasteiger partial charge in [-0.15, -0.1) is 0 Å². The van der Waals surface area contributed by atoms with Crippen molar-refractivity contribution in [1.82, 2.24) is 14.9 Å². The number of amides is 1. The summed E-state index contributed by atoms with van der Waals surface area (Å²) in [7, 11) is 0. The Labute approximate surface area is 136 Å². The molecule has 0 aliphatic carbocycles. The van der Waals surface area contributed by atoms with Crippen molar-refractivity contribution in [2.75, 3.05) is 18.4 Å². The molecule has 122 valence electrons. The zero-order valence-corrected chi connectivity index (χ0v) is 17.2. The van der Waals surface area contributed by atoms with E-state index < -0.39 is 24.0 Å². The van der Waals surface area contributed by atoms with Crippen molar-refractivity contribution >= 4 is 34.0 Å². The van der Waals surface area contributed by atoms with Crippen molar-refractivity contribution in [3.05, 3.63) is 12.4 Å². The summed E-state index contributed by atoms with van der Waals surface area (Å²) in [6.07, 6.45) is 3.44. The predicted octanol–water partition coefficient (Wildman–Crippen LogP) is 2.05. The van der Waals surface area contributed by atoms with Gasteiger partial charge in [-0.3, -0.25) is 0 Å². The summed E-state index contributed by atoms with van der Waals surface area (Å²) in [6, 6.07) is 0.214. The minimum atomic E-state index is -2.13. The van der Waals surface area contributed by atoms with Crippen LogP contribution in [0.15, 0.2) is 12.4 Å². The number of anilines is 1. The second-order valence-corrected chi connectivity index (χ2v) is 22.1. The first kappa shape index (κ1) is 17.3. The first-order valence-corrected chi connectivity index (χ1v) is 17.6. The van der Waals surface area contributed by atoms with Gasteiger partial charge in [-0.05, 0) is 0 Å². The van der Waals surface area contributed by atoms with Crippen molar-refractivity contribution in [2.24, 2.45) is 0 Å². The fourth-order valence-corrected chi connectivity index (χ4v) is 4.62. The number of carbonyl (C=O) groups is 1. The minimum absolute atomic E-state index is 0.214. The number of hydrogen-bond donors (Lipinski definition) is 1. The van der Waals surface area contributed by atoms with Crippen LogP contribution in [0.1, 0.15) is 20.8 Å². The molecule has 0 unspecified atom stereocenters. The third kappa shape index (κ3) is 4.72. The van der Waals surface area contributed by atoms with Gasteiger partial charge in [0.05, 0.1) is 0 Å². The van der Waals surface area contributed by atoms with Gasteiger partial charge in [0.2, 0.25) is 0 Å². The molecule has 6 nitrogen and oxygen atoms in total. The Bertz CT molecular complexity index is 528. The van der Waals surface area contributed by atoms with E-state index >= 15 is 0 Å². The van der Waals surface area contributed by atoms with Crippen LogP contribution in [-0.2, 0) is 4.74 Å². The van der Waals surface area contributed by atoms with E-state index in [1.54, 1.807) is 11.1 Å². The van der Waals surface area contributed by atoms with Gasteiger partial charge in [0.1, 0.15) is 0 Å². The molecular weight excluding hydrogens is 387 g/mol. The van der Waals surface area contributed by atoms with Gasteiger partial charge in [-0.2, -0.15) is 0 Å². The van der Waals surface area contributed by atoms with Crippen molar-refractivity contribution in [1.29, 1.82) is 0 Å². The van der Waals surface area contributed by atoms with Gasteiger partial charge in [-0.25, -0.2) is 0 Å². The van der Waals surface area contributed by atoms with Crippen LogP contribution < -0.4 is 9.03 Å². The first-order valence-electron chi connectivity index (χ1n) is 7.61. The van der Waals surface area contributed by atoms with E-state index in [-0.39, 0.29) is 12.1 Å². The average Bonchev–Trinajstić information content (AvgIpc) is 2.30. The molecule has 1 aliphatic heterocycles. The third-order valence-electron chi connectivity index (χ3n) is 3.31. The van der Waals surface area contributed by atoms with Crippen LogP contribution in [0, 0.1) is 0 Å². The number of aromatic nitrogens is 2. The fourth-order valence-electron chi connectivity index (χ4n) is 2.04. The molecule has 1 amide bonds. The van der Waals surface area contributed by atoms with E-state index in [1.807, 2.05) is 27.0 Å². The van der Waals surface area contributed by atoms with Crippen molar-refractivity contribution in [2.45, 2.75) is 47.2 Å². The van der Waals surface area contributed by atoms with E-state index in [0.29, 0.717) is 13.1 Å². The molecule has 22 heavy (non-hydrogen) atoms. The van der Waals surface area contributed by atoms with Crippen LogP contribution >= 0.6 is 0 Å². The molecule has 0 radical (unpaired) electrons. The number of rotatable bonds is 3. The quantitative estimate of drug-likeness (QED) is 0.769. The summed E-state index contributed by atoms with van der Waals surface area (Å²) in [4.78, 5) is 29.5. The molecule has 0 spiro atoms. The molecular formula is C15H26N4O2Sn. The normalized spacial score (nSPS) is 16.2. The molecule has 7 heteroatoms. The van der Waals surface area contributed by atoms with E-state index in [0.717, 1.165) is 5.82 Å². The summed E-state index contributed by atoms with van der Waals surface area (Å²) >= 11 is -2.13. The molecule has 1 aromatic rings. The molecule has 2 heterocycles. The zero-order chi connectivity index (χ0) is 16.5. The third-order valence-corrected chi connectivity index (χ3v) is 8.43. The summed E-state index contributed by atoms with van der Waals surface area (Å²) in [6.45, 7) is 6.89. The van der Waals surface area contributed by atoms with Crippen LogP contribution in [0.3, 0.4) is 0 Å². The van der Waals surface area contributed by atoms with Gasteiger partial charge >= 0.3 is 136 Å². The van der Waals surface area contributed by atoms with Crippen LogP contribution in [0.5, 0.6) is 0 Å². The Morgan fingerprint density at radius 3 is 2.36 bits per heavy atom. The van der Waals surface area contributed by atoms with Crippen molar-refractivity contribution in [3.8, 4) is 0 Å². The van der Waals surface area contributed by atoms with Gasteiger partial charge in [0.15, 0.2) is 0 Å². The van der Waals surface area contributed by atoms with Crippen LogP contribution in [0.25, 0.3) is 0 Å². The zero-order valence-electron chi connectivity index (χ0n) is 14.3. The second-order valence-electron chi connectivity index (χ2n) is 7.76. The Kier molecular flexibility index (Phi) is 4.89. The summed E-state index contributed by atoms with van der Waals surface area (Å²) < 4.78 is 6.50. The Morgan fingerprint density at radius 1 is 1.27 bits per heavy atom. The molecule has 1 N–H and O–H groups in total. The number of nitrogens with one attached hydrogen (secondary N) is 1. The summed E-state index contributed by atoms with van der Waals surface area (Å²) in [5.41, 5.74) is -0.449.